The van der Waals surface area contributed by atoms with Crippen LogP contribution < -0.4 is 0 Å². The van der Waals surface area contributed by atoms with Crippen LogP contribution in [0, 0.1) is 11.6 Å². The zero-order valence-electron chi connectivity index (χ0n) is 13.6. The van der Waals surface area contributed by atoms with E-state index in [1.165, 1.54) is 12.1 Å². The first-order valence-electron chi connectivity index (χ1n) is 8.03. The number of hydrogen-bond acceptors (Lipinski definition) is 3. The van der Waals surface area contributed by atoms with E-state index in [2.05, 4.69) is 0 Å². The first-order valence-corrected chi connectivity index (χ1v) is 8.03. The van der Waals surface area contributed by atoms with Crippen LogP contribution in [0.25, 0.3) is 0 Å². The number of aliphatic hydroxyl groups excluding tert-OH is 1. The maximum atomic E-state index is 14.0. The van der Waals surface area contributed by atoms with Crippen molar-refractivity contribution in [2.75, 3.05) is 26.7 Å². The van der Waals surface area contributed by atoms with E-state index in [-0.39, 0.29) is 24.6 Å². The van der Waals surface area contributed by atoms with Crippen LogP contribution in [0.1, 0.15) is 37.8 Å². The van der Waals surface area contributed by atoms with Crippen molar-refractivity contribution < 1.29 is 18.7 Å². The zero-order chi connectivity index (χ0) is 17.0. The Morgan fingerprint density at radius 1 is 1.39 bits per heavy atom. The van der Waals surface area contributed by atoms with Gasteiger partial charge in [-0.3, -0.25) is 9.69 Å². The monoisotopic (exact) mass is 326 g/mol. The molecule has 1 atom stereocenters. The Labute approximate surface area is 135 Å². The number of halogens is 2. The van der Waals surface area contributed by atoms with Crippen molar-refractivity contribution in [3.8, 4) is 0 Å². The van der Waals surface area contributed by atoms with Crippen molar-refractivity contribution in [2.45, 2.75) is 38.3 Å². The molecule has 2 rings (SSSR count). The Balaban J connectivity index is 2.02. The average Bonchev–Trinajstić information content (AvgIpc) is 2.50. The normalized spacial score (nSPS) is 17.6. The molecule has 1 unspecified atom stereocenters. The van der Waals surface area contributed by atoms with E-state index in [4.69, 9.17) is 0 Å². The minimum atomic E-state index is -0.605. The summed E-state index contributed by atoms with van der Waals surface area (Å²) in [4.78, 5) is 15.9. The number of carbonyl (C=O) groups is 1. The smallest absolute Gasteiger partial charge is 0.236 e. The highest BCUT2D eigenvalue weighted by Crippen LogP contribution is 2.26. The van der Waals surface area contributed by atoms with Gasteiger partial charge in [-0.05, 0) is 32.4 Å². The third-order valence-corrected chi connectivity index (χ3v) is 4.44. The summed E-state index contributed by atoms with van der Waals surface area (Å²) < 4.78 is 27.1. The van der Waals surface area contributed by atoms with Gasteiger partial charge in [0.1, 0.15) is 11.6 Å². The van der Waals surface area contributed by atoms with Gasteiger partial charge in [0.2, 0.25) is 5.91 Å². The number of aliphatic hydroxyl groups is 1. The van der Waals surface area contributed by atoms with Gasteiger partial charge in [-0.2, -0.15) is 0 Å². The number of hydrogen-bond donors (Lipinski definition) is 1. The van der Waals surface area contributed by atoms with Gasteiger partial charge >= 0.3 is 0 Å². The molecule has 1 fully saturated rings. The van der Waals surface area contributed by atoms with Gasteiger partial charge in [-0.15, -0.1) is 0 Å². The van der Waals surface area contributed by atoms with E-state index in [0.717, 1.165) is 6.07 Å². The van der Waals surface area contributed by atoms with Gasteiger partial charge < -0.3 is 10.0 Å². The number of amides is 1. The fourth-order valence-corrected chi connectivity index (χ4v) is 3.08. The molecule has 1 heterocycles. The summed E-state index contributed by atoms with van der Waals surface area (Å²) in [6.45, 7) is 3.18. The molecule has 1 amide bonds. The molecule has 0 spiro atoms. The molecular formula is C17H24F2N2O2. The lowest BCUT2D eigenvalue weighted by Crippen LogP contribution is -2.45. The highest BCUT2D eigenvalue weighted by molar-refractivity contribution is 5.78. The quantitative estimate of drug-likeness (QED) is 0.903. The summed E-state index contributed by atoms with van der Waals surface area (Å²) >= 11 is 0. The number of likely N-dealkylation sites (N-methyl/N-ethyl adjacent to an activating group) is 1. The predicted molar refractivity (Wildman–Crippen MR) is 83.8 cm³/mol. The van der Waals surface area contributed by atoms with E-state index < -0.39 is 11.6 Å². The topological polar surface area (TPSA) is 43.8 Å². The van der Waals surface area contributed by atoms with Crippen LogP contribution in [0.15, 0.2) is 18.2 Å². The second-order valence-electron chi connectivity index (χ2n) is 6.12. The number of benzene rings is 1. The summed E-state index contributed by atoms with van der Waals surface area (Å²) in [5.41, 5.74) is 0.401. The second kappa shape index (κ2) is 7.84. The molecule has 0 aromatic heterocycles. The van der Waals surface area contributed by atoms with Crippen molar-refractivity contribution in [1.82, 2.24) is 9.80 Å². The first kappa shape index (κ1) is 17.8. The minimum Gasteiger partial charge on any atom is -0.393 e. The summed E-state index contributed by atoms with van der Waals surface area (Å²) in [5.74, 6) is -1.22. The van der Waals surface area contributed by atoms with Crippen LogP contribution in [0.3, 0.4) is 0 Å². The molecular weight excluding hydrogens is 302 g/mol. The fourth-order valence-electron chi connectivity index (χ4n) is 3.08. The highest BCUT2D eigenvalue weighted by Gasteiger charge is 2.25. The van der Waals surface area contributed by atoms with Crippen molar-refractivity contribution in [2.24, 2.45) is 0 Å². The molecule has 1 saturated heterocycles. The van der Waals surface area contributed by atoms with Gasteiger partial charge in [-0.25, -0.2) is 8.78 Å². The fraction of sp³-hybridized carbons (Fsp3) is 0.588. The molecule has 4 nitrogen and oxygen atoms in total. The largest absolute Gasteiger partial charge is 0.393 e. The summed E-state index contributed by atoms with van der Waals surface area (Å²) in [6.07, 6.45) is 1.48. The molecule has 1 aliphatic rings. The molecule has 0 saturated carbocycles. The van der Waals surface area contributed by atoms with Crippen LogP contribution in [0.2, 0.25) is 0 Å². The van der Waals surface area contributed by atoms with Crippen molar-refractivity contribution in [3.05, 3.63) is 35.4 Å². The summed E-state index contributed by atoms with van der Waals surface area (Å²) in [7, 11) is 1.77. The average molecular weight is 326 g/mol. The molecule has 0 aliphatic carbocycles. The molecule has 0 bridgehead atoms. The number of piperidine rings is 1. The zero-order valence-corrected chi connectivity index (χ0v) is 13.6. The van der Waals surface area contributed by atoms with E-state index in [0.29, 0.717) is 37.9 Å². The van der Waals surface area contributed by atoms with Gasteiger partial charge in [0.15, 0.2) is 0 Å². The van der Waals surface area contributed by atoms with Gasteiger partial charge in [0.05, 0.1) is 12.6 Å². The second-order valence-corrected chi connectivity index (χ2v) is 6.12. The van der Waals surface area contributed by atoms with Crippen LogP contribution in [-0.2, 0) is 4.79 Å². The van der Waals surface area contributed by atoms with Crippen LogP contribution in [0.4, 0.5) is 8.78 Å². The number of rotatable bonds is 5. The molecule has 23 heavy (non-hydrogen) atoms. The standard InChI is InChI=1S/C17H24F2N2O2/c1-3-16(14-5-4-12(18)10-15(14)19)20(2)11-17(23)21-8-6-13(22)7-9-21/h4-5,10,13,16,22H,3,6-9,11H2,1-2H3. The van der Waals surface area contributed by atoms with Crippen molar-refractivity contribution in [3.63, 3.8) is 0 Å². The first-order chi connectivity index (χ1) is 10.9. The number of nitrogens with zero attached hydrogens (tertiary/aromatic N) is 2. The highest BCUT2D eigenvalue weighted by atomic mass is 19.1. The Bertz CT molecular complexity index is 545. The molecule has 1 N–H and O–H groups in total. The van der Waals surface area contributed by atoms with E-state index >= 15 is 0 Å². The third kappa shape index (κ3) is 4.48. The number of likely N-dealkylation sites (tertiary alicyclic amines) is 1. The van der Waals surface area contributed by atoms with Gasteiger partial charge in [0, 0.05) is 30.8 Å². The van der Waals surface area contributed by atoms with E-state index in [9.17, 15) is 18.7 Å². The lowest BCUT2D eigenvalue weighted by atomic mass is 10.0. The Hall–Kier alpha value is -1.53. The van der Waals surface area contributed by atoms with Gasteiger partial charge in [-0.1, -0.05) is 13.0 Å². The molecule has 6 heteroatoms. The van der Waals surface area contributed by atoms with Gasteiger partial charge in [0.25, 0.3) is 0 Å². The Morgan fingerprint density at radius 3 is 2.61 bits per heavy atom. The molecule has 128 valence electrons. The van der Waals surface area contributed by atoms with Crippen molar-refractivity contribution in [1.29, 1.82) is 0 Å². The van der Waals surface area contributed by atoms with E-state index in [1.807, 2.05) is 6.92 Å². The summed E-state index contributed by atoms with van der Waals surface area (Å²) in [5, 5.41) is 9.50. The Kier molecular flexibility index (Phi) is 6.07. The molecule has 1 aromatic rings. The van der Waals surface area contributed by atoms with Crippen LogP contribution >= 0.6 is 0 Å². The SMILES string of the molecule is CCC(c1ccc(F)cc1F)N(C)CC(=O)N1CCC(O)CC1. The van der Waals surface area contributed by atoms with Crippen molar-refractivity contribution >= 4 is 5.91 Å². The maximum Gasteiger partial charge on any atom is 0.236 e. The van der Waals surface area contributed by atoms with E-state index in [1.54, 1.807) is 16.8 Å². The van der Waals surface area contributed by atoms with Crippen LogP contribution in [0.5, 0.6) is 0 Å². The maximum absolute atomic E-state index is 14.0. The Morgan fingerprint density at radius 2 is 2.04 bits per heavy atom. The molecule has 1 aliphatic heterocycles. The minimum absolute atomic E-state index is 0.0274. The van der Waals surface area contributed by atoms with Crippen LogP contribution in [-0.4, -0.2) is 53.6 Å². The summed E-state index contributed by atoms with van der Waals surface area (Å²) in [6, 6.07) is 3.27. The lowest BCUT2D eigenvalue weighted by Gasteiger charge is -2.33. The lowest BCUT2D eigenvalue weighted by molar-refractivity contribution is -0.134. The third-order valence-electron chi connectivity index (χ3n) is 4.44. The number of carbonyl (C=O) groups excluding carboxylic acids is 1. The molecule has 0 radical (unpaired) electrons. The molecule has 1 aromatic carbocycles. The predicted octanol–water partition coefficient (Wildman–Crippen LogP) is 2.33.